The van der Waals surface area contributed by atoms with Crippen LogP contribution >= 0.6 is 0 Å². The number of H-pyrrole nitrogens is 1. The molecule has 0 atom stereocenters. The predicted molar refractivity (Wildman–Crippen MR) is 88.0 cm³/mol. The molecule has 0 saturated heterocycles. The maximum absolute atomic E-state index is 11.0. The summed E-state index contributed by atoms with van der Waals surface area (Å²) in [6.07, 6.45) is 1.63. The minimum Gasteiger partial charge on any atom is -0.494 e. The van der Waals surface area contributed by atoms with Gasteiger partial charge in [-0.25, -0.2) is 0 Å². The number of amides is 1. The van der Waals surface area contributed by atoms with Gasteiger partial charge in [-0.2, -0.15) is 0 Å². The molecule has 3 aromatic rings. The molecule has 1 amide bonds. The van der Waals surface area contributed by atoms with E-state index in [2.05, 4.69) is 15.3 Å². The first-order valence-corrected chi connectivity index (χ1v) is 6.85. The molecule has 5 nitrogen and oxygen atoms in total. The van der Waals surface area contributed by atoms with E-state index in [-0.39, 0.29) is 11.8 Å². The summed E-state index contributed by atoms with van der Waals surface area (Å²) >= 11 is 0. The number of aromatic amines is 1. The summed E-state index contributed by atoms with van der Waals surface area (Å²) in [5.41, 5.74) is 2.98. The van der Waals surface area contributed by atoms with Crippen molar-refractivity contribution in [2.24, 2.45) is 4.99 Å². The van der Waals surface area contributed by atoms with E-state index in [1.165, 1.54) is 6.92 Å². The molecule has 0 unspecified atom stereocenters. The van der Waals surface area contributed by atoms with Gasteiger partial charge in [-0.1, -0.05) is 18.2 Å². The van der Waals surface area contributed by atoms with E-state index in [1.54, 1.807) is 30.5 Å². The smallest absolute Gasteiger partial charge is 0.221 e. The van der Waals surface area contributed by atoms with Crippen LogP contribution in [0.5, 0.6) is 5.88 Å². The predicted octanol–water partition coefficient (Wildman–Crippen LogP) is 3.58. The lowest BCUT2D eigenvalue weighted by atomic mass is 10.2. The highest BCUT2D eigenvalue weighted by atomic mass is 16.3. The average Bonchev–Trinajstić information content (AvgIpc) is 2.81. The minimum atomic E-state index is -0.111. The molecule has 5 heteroatoms. The lowest BCUT2D eigenvalue weighted by Gasteiger charge is -2.01. The van der Waals surface area contributed by atoms with Crippen molar-refractivity contribution in [2.45, 2.75) is 6.92 Å². The van der Waals surface area contributed by atoms with Gasteiger partial charge >= 0.3 is 0 Å². The third-order valence-electron chi connectivity index (χ3n) is 3.26. The second-order valence-corrected chi connectivity index (χ2v) is 4.92. The fraction of sp³-hybridized carbons (Fsp3) is 0.0588. The van der Waals surface area contributed by atoms with Gasteiger partial charge in [-0.3, -0.25) is 9.79 Å². The fourth-order valence-electron chi connectivity index (χ4n) is 2.25. The van der Waals surface area contributed by atoms with Crippen LogP contribution in [0, 0.1) is 0 Å². The van der Waals surface area contributed by atoms with E-state index >= 15 is 0 Å². The number of hydrogen-bond acceptors (Lipinski definition) is 3. The Bertz CT molecular complexity index is 848. The number of carbonyl (C=O) groups is 1. The maximum atomic E-state index is 11.0. The Labute approximate surface area is 127 Å². The zero-order chi connectivity index (χ0) is 15.5. The van der Waals surface area contributed by atoms with Gasteiger partial charge in [0.25, 0.3) is 0 Å². The van der Waals surface area contributed by atoms with Gasteiger partial charge < -0.3 is 15.4 Å². The van der Waals surface area contributed by atoms with Gasteiger partial charge in [-0.05, 0) is 30.3 Å². The van der Waals surface area contributed by atoms with Crippen LogP contribution in [-0.4, -0.2) is 22.2 Å². The first-order valence-electron chi connectivity index (χ1n) is 6.85. The van der Waals surface area contributed by atoms with Crippen LogP contribution in [0.1, 0.15) is 12.5 Å². The molecule has 2 aromatic carbocycles. The highest BCUT2D eigenvalue weighted by molar-refractivity contribution is 6.02. The molecular weight excluding hydrogens is 278 g/mol. The number of benzene rings is 2. The van der Waals surface area contributed by atoms with Gasteiger partial charge in [0.1, 0.15) is 0 Å². The molecule has 0 bridgehead atoms. The Morgan fingerprint density at radius 3 is 2.64 bits per heavy atom. The summed E-state index contributed by atoms with van der Waals surface area (Å²) < 4.78 is 0. The molecule has 22 heavy (non-hydrogen) atoms. The lowest BCUT2D eigenvalue weighted by molar-refractivity contribution is -0.114. The van der Waals surface area contributed by atoms with Gasteiger partial charge in [0, 0.05) is 29.7 Å². The first-order chi connectivity index (χ1) is 10.6. The lowest BCUT2D eigenvalue weighted by Crippen LogP contribution is -2.04. The molecule has 1 heterocycles. The van der Waals surface area contributed by atoms with E-state index in [0.29, 0.717) is 5.56 Å². The molecule has 0 aliphatic heterocycles. The van der Waals surface area contributed by atoms with Crippen LogP contribution in [0.2, 0.25) is 0 Å². The third-order valence-corrected chi connectivity index (χ3v) is 3.26. The van der Waals surface area contributed by atoms with E-state index in [0.717, 1.165) is 22.3 Å². The van der Waals surface area contributed by atoms with Gasteiger partial charge in [0.2, 0.25) is 5.91 Å². The summed E-state index contributed by atoms with van der Waals surface area (Å²) in [6.45, 7) is 1.46. The highest BCUT2D eigenvalue weighted by Gasteiger charge is 2.07. The van der Waals surface area contributed by atoms with Crippen molar-refractivity contribution in [3.05, 3.63) is 54.1 Å². The molecule has 0 aliphatic carbocycles. The molecule has 3 rings (SSSR count). The molecular formula is C17H15N3O2. The van der Waals surface area contributed by atoms with Crippen LogP contribution in [-0.2, 0) is 4.79 Å². The van der Waals surface area contributed by atoms with Crippen LogP contribution < -0.4 is 5.32 Å². The number of para-hydroxylation sites is 1. The van der Waals surface area contributed by atoms with Crippen molar-refractivity contribution < 1.29 is 9.90 Å². The summed E-state index contributed by atoms with van der Waals surface area (Å²) in [5.74, 6) is -0.0141. The Morgan fingerprint density at radius 1 is 1.18 bits per heavy atom. The van der Waals surface area contributed by atoms with Crippen LogP contribution in [0.4, 0.5) is 11.4 Å². The molecule has 0 radical (unpaired) electrons. The summed E-state index contributed by atoms with van der Waals surface area (Å²) in [5, 5.41) is 13.6. The number of nitrogens with zero attached hydrogens (tertiary/aromatic N) is 1. The molecule has 0 aliphatic rings. The van der Waals surface area contributed by atoms with Crippen molar-refractivity contribution in [3.8, 4) is 5.88 Å². The second kappa shape index (κ2) is 5.73. The number of aromatic hydroxyl groups is 1. The standard InChI is InChI=1S/C17H15N3O2/c1-11(21)19-13-8-6-12(7-9-13)18-10-15-14-4-2-3-5-16(14)20-17(15)22/h2-10,20,22H,1H3,(H,19,21). The van der Waals surface area contributed by atoms with Crippen molar-refractivity contribution in [1.29, 1.82) is 0 Å². The van der Waals surface area contributed by atoms with Gasteiger partial charge in [-0.15, -0.1) is 0 Å². The second-order valence-electron chi connectivity index (χ2n) is 4.92. The maximum Gasteiger partial charge on any atom is 0.221 e. The molecule has 1 aromatic heterocycles. The number of aliphatic imine (C=N–C) groups is 1. The van der Waals surface area contributed by atoms with E-state index in [9.17, 15) is 9.90 Å². The van der Waals surface area contributed by atoms with Crippen LogP contribution in [0.15, 0.2) is 53.5 Å². The van der Waals surface area contributed by atoms with E-state index < -0.39 is 0 Å². The molecule has 110 valence electrons. The van der Waals surface area contributed by atoms with Crippen molar-refractivity contribution in [1.82, 2.24) is 4.98 Å². The summed E-state index contributed by atoms with van der Waals surface area (Å²) in [6, 6.07) is 14.8. The minimum absolute atomic E-state index is 0.0971. The van der Waals surface area contributed by atoms with Crippen molar-refractivity contribution in [3.63, 3.8) is 0 Å². The number of fused-ring (bicyclic) bond motifs is 1. The number of aromatic nitrogens is 1. The van der Waals surface area contributed by atoms with Crippen LogP contribution in [0.25, 0.3) is 10.9 Å². The summed E-state index contributed by atoms with van der Waals surface area (Å²) in [7, 11) is 0. The molecule has 0 fully saturated rings. The number of hydrogen-bond donors (Lipinski definition) is 3. The Kier molecular flexibility index (Phi) is 3.62. The average molecular weight is 293 g/mol. The number of anilines is 1. The largest absolute Gasteiger partial charge is 0.494 e. The Morgan fingerprint density at radius 2 is 1.91 bits per heavy atom. The number of carbonyl (C=O) groups excluding carboxylic acids is 1. The quantitative estimate of drug-likeness (QED) is 0.645. The third kappa shape index (κ3) is 2.83. The number of rotatable bonds is 3. The zero-order valence-corrected chi connectivity index (χ0v) is 12.0. The molecule has 0 saturated carbocycles. The first kappa shape index (κ1) is 13.9. The number of nitrogens with one attached hydrogen (secondary N) is 2. The topological polar surface area (TPSA) is 77.5 Å². The van der Waals surface area contributed by atoms with Gasteiger partial charge in [0.05, 0.1) is 11.3 Å². The summed E-state index contributed by atoms with van der Waals surface area (Å²) in [4.78, 5) is 18.2. The molecule has 3 N–H and O–H groups in total. The zero-order valence-electron chi connectivity index (χ0n) is 12.0. The van der Waals surface area contributed by atoms with Crippen molar-refractivity contribution >= 4 is 34.4 Å². The van der Waals surface area contributed by atoms with Crippen LogP contribution in [0.3, 0.4) is 0 Å². The Hall–Kier alpha value is -3.08. The van der Waals surface area contributed by atoms with Crippen molar-refractivity contribution in [2.75, 3.05) is 5.32 Å². The fourth-order valence-corrected chi connectivity index (χ4v) is 2.25. The van der Waals surface area contributed by atoms with E-state index in [4.69, 9.17) is 0 Å². The normalized spacial score (nSPS) is 11.1. The van der Waals surface area contributed by atoms with E-state index in [1.807, 2.05) is 24.3 Å². The highest BCUT2D eigenvalue weighted by Crippen LogP contribution is 2.26. The molecule has 0 spiro atoms. The monoisotopic (exact) mass is 293 g/mol. The SMILES string of the molecule is CC(=O)Nc1ccc(N=Cc2c(O)[nH]c3ccccc23)cc1. The van der Waals surface area contributed by atoms with Gasteiger partial charge in [0.15, 0.2) is 5.88 Å². The Balaban J connectivity index is 1.86.